The molecule has 0 aromatic carbocycles. The van der Waals surface area contributed by atoms with Crippen molar-refractivity contribution >= 4 is 5.97 Å². The van der Waals surface area contributed by atoms with Gasteiger partial charge in [0.05, 0.1) is 13.2 Å². The number of carboxylic acids is 1. The number of hydrogen-bond acceptors (Lipinski definition) is 4. The van der Waals surface area contributed by atoms with Gasteiger partial charge in [-0.05, 0) is 25.7 Å². The number of aliphatic carboxylic acids is 1. The van der Waals surface area contributed by atoms with E-state index in [1.807, 2.05) is 0 Å². The molecule has 94 valence electrons. The van der Waals surface area contributed by atoms with Crippen molar-refractivity contribution in [2.24, 2.45) is 5.41 Å². The normalized spacial score (nSPS) is 30.7. The summed E-state index contributed by atoms with van der Waals surface area (Å²) in [5, 5.41) is 18.1. The van der Waals surface area contributed by atoms with Gasteiger partial charge in [-0.25, -0.2) is 4.79 Å². The van der Waals surface area contributed by atoms with E-state index in [2.05, 4.69) is 13.1 Å². The van der Waals surface area contributed by atoms with Crippen molar-refractivity contribution in [1.29, 1.82) is 5.26 Å². The van der Waals surface area contributed by atoms with Crippen molar-refractivity contribution in [3.8, 4) is 6.19 Å². The fraction of sp³-hybridized carbons (Fsp3) is 0.833. The Balaban J connectivity index is 2.02. The quantitative estimate of drug-likeness (QED) is 0.745. The number of rotatable bonds is 4. The van der Waals surface area contributed by atoms with E-state index < -0.39 is 12.0 Å². The SMILES string of the molecule is CCC1(CC2CCC(C(=O)O)N2C#N)COC1. The summed E-state index contributed by atoms with van der Waals surface area (Å²) in [6.07, 6.45) is 5.33. The first-order valence-corrected chi connectivity index (χ1v) is 6.10. The van der Waals surface area contributed by atoms with E-state index in [1.54, 1.807) is 0 Å². The lowest BCUT2D eigenvalue weighted by Crippen LogP contribution is -2.47. The van der Waals surface area contributed by atoms with Crippen LogP contribution in [0.2, 0.25) is 0 Å². The van der Waals surface area contributed by atoms with Gasteiger partial charge < -0.3 is 9.84 Å². The summed E-state index contributed by atoms with van der Waals surface area (Å²) < 4.78 is 5.26. The van der Waals surface area contributed by atoms with E-state index in [1.165, 1.54) is 4.90 Å². The Morgan fingerprint density at radius 1 is 1.59 bits per heavy atom. The highest BCUT2D eigenvalue weighted by molar-refractivity contribution is 5.74. The highest BCUT2D eigenvalue weighted by Crippen LogP contribution is 2.40. The second kappa shape index (κ2) is 4.53. The molecule has 2 aliphatic heterocycles. The molecule has 0 aromatic rings. The van der Waals surface area contributed by atoms with Crippen LogP contribution in [0.25, 0.3) is 0 Å². The smallest absolute Gasteiger partial charge is 0.327 e. The summed E-state index contributed by atoms with van der Waals surface area (Å²) in [6.45, 7) is 3.62. The van der Waals surface area contributed by atoms with Gasteiger partial charge in [-0.2, -0.15) is 5.26 Å². The van der Waals surface area contributed by atoms with Crippen LogP contribution in [0.5, 0.6) is 0 Å². The minimum absolute atomic E-state index is 0.0740. The number of nitrogens with zero attached hydrogens (tertiary/aromatic N) is 2. The number of carbonyl (C=O) groups is 1. The fourth-order valence-corrected chi connectivity index (χ4v) is 2.83. The molecule has 5 heteroatoms. The highest BCUT2D eigenvalue weighted by Gasteiger charge is 2.45. The van der Waals surface area contributed by atoms with Crippen molar-refractivity contribution < 1.29 is 14.6 Å². The maximum atomic E-state index is 11.0. The molecule has 0 spiro atoms. The lowest BCUT2D eigenvalue weighted by Gasteiger charge is -2.43. The minimum atomic E-state index is -0.885. The molecule has 2 atom stereocenters. The first-order valence-electron chi connectivity index (χ1n) is 6.10. The van der Waals surface area contributed by atoms with Crippen molar-refractivity contribution in [2.45, 2.75) is 44.7 Å². The monoisotopic (exact) mass is 238 g/mol. The molecule has 0 aliphatic carbocycles. The van der Waals surface area contributed by atoms with E-state index in [0.717, 1.165) is 32.5 Å². The largest absolute Gasteiger partial charge is 0.480 e. The van der Waals surface area contributed by atoms with Crippen LogP contribution in [0, 0.1) is 16.9 Å². The molecule has 2 aliphatic rings. The third kappa shape index (κ3) is 2.09. The number of hydrogen-bond donors (Lipinski definition) is 1. The Hall–Kier alpha value is -1.28. The van der Waals surface area contributed by atoms with Crippen LogP contribution in [0.1, 0.15) is 32.6 Å². The Bertz CT molecular complexity index is 341. The predicted molar refractivity (Wildman–Crippen MR) is 60.1 cm³/mol. The lowest BCUT2D eigenvalue weighted by molar-refractivity contribution is -0.143. The van der Waals surface area contributed by atoms with Crippen LogP contribution in [-0.4, -0.2) is 41.3 Å². The molecular formula is C12H18N2O3. The van der Waals surface area contributed by atoms with Crippen LogP contribution < -0.4 is 0 Å². The molecule has 0 aromatic heterocycles. The molecule has 2 saturated heterocycles. The summed E-state index contributed by atoms with van der Waals surface area (Å²) in [7, 11) is 0. The maximum Gasteiger partial charge on any atom is 0.327 e. The predicted octanol–water partition coefficient (Wildman–Crippen LogP) is 1.20. The van der Waals surface area contributed by atoms with E-state index in [4.69, 9.17) is 15.1 Å². The lowest BCUT2D eigenvalue weighted by atomic mass is 9.77. The zero-order valence-electron chi connectivity index (χ0n) is 10.1. The van der Waals surface area contributed by atoms with Crippen LogP contribution in [0.4, 0.5) is 0 Å². The van der Waals surface area contributed by atoms with Crippen LogP contribution in [-0.2, 0) is 9.53 Å². The fourth-order valence-electron chi connectivity index (χ4n) is 2.83. The molecule has 2 unspecified atom stereocenters. The summed E-state index contributed by atoms with van der Waals surface area (Å²) in [4.78, 5) is 12.5. The molecule has 17 heavy (non-hydrogen) atoms. The molecular weight excluding hydrogens is 220 g/mol. The number of nitriles is 1. The van der Waals surface area contributed by atoms with Gasteiger partial charge in [0.25, 0.3) is 0 Å². The molecule has 1 N–H and O–H groups in total. The van der Waals surface area contributed by atoms with Gasteiger partial charge in [0, 0.05) is 11.5 Å². The second-order valence-corrected chi connectivity index (χ2v) is 5.14. The maximum absolute atomic E-state index is 11.0. The van der Waals surface area contributed by atoms with Crippen LogP contribution in [0.3, 0.4) is 0 Å². The first kappa shape index (κ1) is 12.2. The van der Waals surface area contributed by atoms with Crippen molar-refractivity contribution in [3.05, 3.63) is 0 Å². The van der Waals surface area contributed by atoms with Crippen LogP contribution in [0.15, 0.2) is 0 Å². The Morgan fingerprint density at radius 2 is 2.29 bits per heavy atom. The van der Waals surface area contributed by atoms with Gasteiger partial charge in [-0.3, -0.25) is 4.90 Å². The van der Waals surface area contributed by atoms with Crippen LogP contribution >= 0.6 is 0 Å². The average molecular weight is 238 g/mol. The highest BCUT2D eigenvalue weighted by atomic mass is 16.5. The van der Waals surface area contributed by atoms with E-state index >= 15 is 0 Å². The molecule has 0 saturated carbocycles. The molecule has 2 fully saturated rings. The van der Waals surface area contributed by atoms with Gasteiger partial charge in [-0.15, -0.1) is 0 Å². The van der Waals surface area contributed by atoms with Gasteiger partial charge in [0.15, 0.2) is 6.19 Å². The van der Waals surface area contributed by atoms with Gasteiger partial charge in [-0.1, -0.05) is 6.92 Å². The average Bonchev–Trinajstić information content (AvgIpc) is 2.66. The Kier molecular flexibility index (Phi) is 3.25. The standard InChI is InChI=1S/C12H18N2O3/c1-2-12(6-17-7-12)5-9-3-4-10(11(15)16)14(9)8-13/h9-10H,2-7H2,1H3,(H,15,16). The second-order valence-electron chi connectivity index (χ2n) is 5.14. The van der Waals surface area contributed by atoms with E-state index in [-0.39, 0.29) is 11.5 Å². The van der Waals surface area contributed by atoms with Crippen molar-refractivity contribution in [3.63, 3.8) is 0 Å². The van der Waals surface area contributed by atoms with E-state index in [0.29, 0.717) is 6.42 Å². The summed E-state index contributed by atoms with van der Waals surface area (Å²) in [5.41, 5.74) is 0.174. The molecule has 0 radical (unpaired) electrons. The molecule has 2 rings (SSSR count). The molecule has 2 heterocycles. The van der Waals surface area contributed by atoms with Crippen molar-refractivity contribution in [2.75, 3.05) is 13.2 Å². The van der Waals surface area contributed by atoms with Gasteiger partial charge in [0.2, 0.25) is 0 Å². The summed E-state index contributed by atoms with van der Waals surface area (Å²) in [5.74, 6) is -0.885. The first-order chi connectivity index (χ1) is 8.12. The van der Waals surface area contributed by atoms with Gasteiger partial charge in [0.1, 0.15) is 6.04 Å². The minimum Gasteiger partial charge on any atom is -0.480 e. The summed E-state index contributed by atoms with van der Waals surface area (Å²) in [6, 6.07) is -0.551. The van der Waals surface area contributed by atoms with E-state index in [9.17, 15) is 4.79 Å². The summed E-state index contributed by atoms with van der Waals surface area (Å²) >= 11 is 0. The zero-order valence-corrected chi connectivity index (χ0v) is 10.1. The Labute approximate surface area is 101 Å². The third-order valence-corrected chi connectivity index (χ3v) is 4.14. The Morgan fingerprint density at radius 3 is 2.71 bits per heavy atom. The third-order valence-electron chi connectivity index (χ3n) is 4.14. The number of likely N-dealkylation sites (tertiary alicyclic amines) is 1. The molecule has 0 bridgehead atoms. The molecule has 5 nitrogen and oxygen atoms in total. The van der Waals surface area contributed by atoms with Gasteiger partial charge >= 0.3 is 5.97 Å². The zero-order chi connectivity index (χ0) is 12.5. The van der Waals surface area contributed by atoms with Crippen molar-refractivity contribution in [1.82, 2.24) is 4.90 Å². The molecule has 0 amide bonds. The number of carboxylic acid groups (broad SMARTS) is 1. The topological polar surface area (TPSA) is 73.6 Å². The number of ether oxygens (including phenoxy) is 1.